The Balaban J connectivity index is 1.09. The molecule has 40 heavy (non-hydrogen) atoms. The third-order valence-corrected chi connectivity index (χ3v) is 7.51. The van der Waals surface area contributed by atoms with E-state index in [4.69, 9.17) is 4.74 Å². The lowest BCUT2D eigenvalue weighted by Gasteiger charge is -2.38. The average molecular weight is 546 g/mol. The van der Waals surface area contributed by atoms with Gasteiger partial charge >= 0.3 is 0 Å². The van der Waals surface area contributed by atoms with E-state index >= 15 is 0 Å². The molecule has 1 unspecified atom stereocenters. The number of anilines is 1. The maximum Gasteiger partial charge on any atom is 0.253 e. The summed E-state index contributed by atoms with van der Waals surface area (Å²) < 4.78 is 32.7. The normalized spacial score (nSPS) is 18.6. The van der Waals surface area contributed by atoms with E-state index in [1.54, 1.807) is 0 Å². The van der Waals surface area contributed by atoms with E-state index in [1.807, 2.05) is 47.4 Å². The lowest BCUT2D eigenvalue weighted by molar-refractivity contribution is -0.150. The smallest absolute Gasteiger partial charge is 0.253 e. The largest absolute Gasteiger partial charge is 0.366 e. The molecule has 2 saturated heterocycles. The Morgan fingerprint density at radius 3 is 2.42 bits per heavy atom. The average Bonchev–Trinajstić information content (AvgIpc) is 2.97. The Hall–Kier alpha value is -3.88. The van der Waals surface area contributed by atoms with Crippen molar-refractivity contribution < 1.29 is 23.1 Å². The third-order valence-electron chi connectivity index (χ3n) is 7.51. The second-order valence-electron chi connectivity index (χ2n) is 10.3. The molecule has 3 aromatic rings. The van der Waals surface area contributed by atoms with Crippen molar-refractivity contribution in [1.29, 1.82) is 0 Å². The minimum atomic E-state index is -0.725. The van der Waals surface area contributed by atoms with Crippen molar-refractivity contribution in [3.63, 3.8) is 0 Å². The van der Waals surface area contributed by atoms with Crippen LogP contribution in [0.15, 0.2) is 78.9 Å². The number of piperidine rings is 1. The number of hydrogen-bond acceptors (Lipinski definition) is 4. The van der Waals surface area contributed by atoms with Gasteiger partial charge < -0.3 is 15.0 Å². The van der Waals surface area contributed by atoms with Gasteiger partial charge in [-0.1, -0.05) is 42.5 Å². The summed E-state index contributed by atoms with van der Waals surface area (Å²) in [4.78, 5) is 29.7. The number of benzene rings is 3. The predicted octanol–water partition coefficient (Wildman–Crippen LogP) is 5.22. The molecular formula is C32H33F2N3O3. The highest BCUT2D eigenvalue weighted by molar-refractivity contribution is 6.01. The zero-order valence-electron chi connectivity index (χ0n) is 22.3. The van der Waals surface area contributed by atoms with E-state index < -0.39 is 23.6 Å². The molecule has 0 saturated carbocycles. The van der Waals surface area contributed by atoms with E-state index in [0.717, 1.165) is 43.6 Å². The minimum Gasteiger partial charge on any atom is -0.366 e. The maximum atomic E-state index is 13.7. The molecule has 8 heteroatoms. The van der Waals surface area contributed by atoms with E-state index in [-0.39, 0.29) is 11.5 Å². The van der Waals surface area contributed by atoms with E-state index in [9.17, 15) is 18.4 Å². The van der Waals surface area contributed by atoms with Gasteiger partial charge in [0.25, 0.3) is 5.91 Å². The molecule has 2 aliphatic heterocycles. The Labute approximate surface area is 233 Å². The lowest BCUT2D eigenvalue weighted by Crippen LogP contribution is -2.52. The molecule has 0 radical (unpaired) electrons. The quantitative estimate of drug-likeness (QED) is 0.414. The number of amides is 2. The van der Waals surface area contributed by atoms with Crippen LogP contribution in [-0.2, 0) is 20.9 Å². The van der Waals surface area contributed by atoms with Crippen molar-refractivity contribution in [2.45, 2.75) is 31.4 Å². The number of ether oxygens (including phenoxy) is 1. The Morgan fingerprint density at radius 2 is 1.70 bits per heavy atom. The molecular weight excluding hydrogens is 512 g/mol. The first-order chi connectivity index (χ1) is 19.4. The van der Waals surface area contributed by atoms with E-state index in [2.05, 4.69) is 22.3 Å². The van der Waals surface area contributed by atoms with Crippen molar-refractivity contribution in [2.75, 3.05) is 38.1 Å². The van der Waals surface area contributed by atoms with Crippen molar-refractivity contribution in [1.82, 2.24) is 9.80 Å². The first-order valence-electron chi connectivity index (χ1n) is 13.7. The number of rotatable bonds is 7. The molecule has 0 spiro atoms. The first kappa shape index (κ1) is 27.7. The van der Waals surface area contributed by atoms with Crippen LogP contribution in [0, 0.1) is 11.6 Å². The SMILES string of the molecule is O=C(/C=C/c1ccc(F)cc1F)Nc1ccc(C2CCN(C(=O)C3CN(Cc4ccccc4)CCO3)CC2)cc1. The topological polar surface area (TPSA) is 61.9 Å². The second kappa shape index (κ2) is 13.0. The summed E-state index contributed by atoms with van der Waals surface area (Å²) in [5.41, 5.74) is 3.16. The first-order valence-corrected chi connectivity index (χ1v) is 13.7. The van der Waals surface area contributed by atoms with Crippen molar-refractivity contribution >= 4 is 23.6 Å². The zero-order chi connectivity index (χ0) is 27.9. The Morgan fingerprint density at radius 1 is 0.950 bits per heavy atom. The van der Waals surface area contributed by atoms with Gasteiger partial charge in [0.2, 0.25) is 5.91 Å². The fourth-order valence-corrected chi connectivity index (χ4v) is 5.30. The van der Waals surface area contributed by atoms with Crippen LogP contribution >= 0.6 is 0 Å². The van der Waals surface area contributed by atoms with Crippen molar-refractivity contribution in [3.05, 3.63) is 107 Å². The van der Waals surface area contributed by atoms with Gasteiger partial charge in [-0.2, -0.15) is 0 Å². The standard InChI is InChI=1S/C32H33F2N3O3/c33-27-10-6-26(29(34)20-27)9-13-31(38)35-28-11-7-24(8-12-28)25-14-16-37(17-15-25)32(39)30-22-36(18-19-40-30)21-23-4-2-1-3-5-23/h1-13,20,25,30H,14-19,21-22H2,(H,35,38)/b13-9+. The van der Waals surface area contributed by atoms with Crippen LogP contribution in [0.25, 0.3) is 6.08 Å². The molecule has 3 aromatic carbocycles. The number of nitrogens with zero attached hydrogens (tertiary/aromatic N) is 2. The molecule has 5 rings (SSSR count). The molecule has 1 atom stereocenters. The Kier molecular flexibility index (Phi) is 8.98. The lowest BCUT2D eigenvalue weighted by atomic mass is 9.89. The molecule has 6 nitrogen and oxygen atoms in total. The summed E-state index contributed by atoms with van der Waals surface area (Å²) in [5.74, 6) is -1.39. The van der Waals surface area contributed by atoms with Crippen LogP contribution in [0.3, 0.4) is 0 Å². The van der Waals surface area contributed by atoms with Gasteiger partial charge in [0.1, 0.15) is 17.7 Å². The highest BCUT2D eigenvalue weighted by Gasteiger charge is 2.32. The van der Waals surface area contributed by atoms with Crippen LogP contribution in [0.2, 0.25) is 0 Å². The van der Waals surface area contributed by atoms with E-state index in [0.29, 0.717) is 37.8 Å². The summed E-state index contributed by atoms with van der Waals surface area (Å²) in [5, 5.41) is 2.76. The summed E-state index contributed by atoms with van der Waals surface area (Å²) in [6.07, 6.45) is 3.83. The molecule has 2 amide bonds. The van der Waals surface area contributed by atoms with Crippen LogP contribution in [0.5, 0.6) is 0 Å². The van der Waals surface area contributed by atoms with Gasteiger partial charge in [-0.05, 0) is 60.2 Å². The fourth-order valence-electron chi connectivity index (χ4n) is 5.30. The molecule has 2 aliphatic rings. The molecule has 0 aromatic heterocycles. The number of carbonyl (C=O) groups is 2. The molecule has 2 heterocycles. The van der Waals surface area contributed by atoms with Gasteiger partial charge in [-0.15, -0.1) is 0 Å². The number of nitrogens with one attached hydrogen (secondary N) is 1. The molecule has 0 aliphatic carbocycles. The maximum absolute atomic E-state index is 13.7. The third kappa shape index (κ3) is 7.20. The molecule has 1 N–H and O–H groups in total. The summed E-state index contributed by atoms with van der Waals surface area (Å²) >= 11 is 0. The highest BCUT2D eigenvalue weighted by atomic mass is 19.1. The number of morpholine rings is 1. The van der Waals surface area contributed by atoms with Crippen LogP contribution in [0.1, 0.15) is 35.4 Å². The van der Waals surface area contributed by atoms with Gasteiger partial charge in [-0.25, -0.2) is 8.78 Å². The number of carbonyl (C=O) groups excluding carboxylic acids is 2. The van der Waals surface area contributed by atoms with Gasteiger partial charge in [0, 0.05) is 56.1 Å². The van der Waals surface area contributed by atoms with Gasteiger partial charge in [0.05, 0.1) is 6.61 Å². The van der Waals surface area contributed by atoms with Gasteiger partial charge in [-0.3, -0.25) is 14.5 Å². The molecule has 208 valence electrons. The minimum absolute atomic E-state index is 0.0721. The van der Waals surface area contributed by atoms with Crippen molar-refractivity contribution in [3.8, 4) is 0 Å². The fraction of sp³-hybridized carbons (Fsp3) is 0.312. The second-order valence-corrected chi connectivity index (χ2v) is 10.3. The number of likely N-dealkylation sites (tertiary alicyclic amines) is 1. The summed E-state index contributed by atoms with van der Waals surface area (Å²) in [6, 6.07) is 21.2. The summed E-state index contributed by atoms with van der Waals surface area (Å²) in [7, 11) is 0. The summed E-state index contributed by atoms with van der Waals surface area (Å²) in [6.45, 7) is 4.17. The highest BCUT2D eigenvalue weighted by Crippen LogP contribution is 2.29. The number of halogens is 2. The molecule has 2 fully saturated rings. The van der Waals surface area contributed by atoms with Crippen molar-refractivity contribution in [2.24, 2.45) is 0 Å². The van der Waals surface area contributed by atoms with E-state index in [1.165, 1.54) is 23.8 Å². The van der Waals surface area contributed by atoms with Crippen LogP contribution < -0.4 is 5.32 Å². The molecule has 0 bridgehead atoms. The monoisotopic (exact) mass is 545 g/mol. The Bertz CT molecular complexity index is 1340. The number of hydrogen-bond donors (Lipinski definition) is 1. The van der Waals surface area contributed by atoms with Gasteiger partial charge in [0.15, 0.2) is 0 Å². The van der Waals surface area contributed by atoms with Crippen LogP contribution in [-0.4, -0.2) is 60.5 Å². The van der Waals surface area contributed by atoms with Crippen LogP contribution in [0.4, 0.5) is 14.5 Å². The zero-order valence-corrected chi connectivity index (χ0v) is 22.3. The predicted molar refractivity (Wildman–Crippen MR) is 150 cm³/mol.